The minimum absolute atomic E-state index is 0. The van der Waals surface area contributed by atoms with E-state index in [1.807, 2.05) is 18.2 Å². The fourth-order valence-corrected chi connectivity index (χ4v) is 1.11. The van der Waals surface area contributed by atoms with Crippen LogP contribution in [-0.4, -0.2) is 14.2 Å². The highest BCUT2D eigenvalue weighted by Crippen LogP contribution is 2.29. The summed E-state index contributed by atoms with van der Waals surface area (Å²) in [6, 6.07) is 5.66. The highest BCUT2D eigenvalue weighted by molar-refractivity contribution is 5.85. The van der Waals surface area contributed by atoms with Gasteiger partial charge in [0, 0.05) is 12.1 Å². The van der Waals surface area contributed by atoms with Gasteiger partial charge >= 0.3 is 0 Å². The number of hydrogen-bond donors (Lipinski definition) is 1. The van der Waals surface area contributed by atoms with Crippen LogP contribution in [0, 0.1) is 0 Å². The van der Waals surface area contributed by atoms with Gasteiger partial charge in [0.25, 0.3) is 0 Å². The molecule has 4 heteroatoms. The summed E-state index contributed by atoms with van der Waals surface area (Å²) in [5.74, 6) is 1.45. The molecule has 0 aliphatic heterocycles. The SMILES string of the molecule is COc1cccc(CN)c1OC.Cl. The molecule has 3 nitrogen and oxygen atoms in total. The van der Waals surface area contributed by atoms with Gasteiger partial charge in [-0.3, -0.25) is 0 Å². The molecule has 2 N–H and O–H groups in total. The number of methoxy groups -OCH3 is 2. The normalized spacial score (nSPS) is 8.85. The third-order valence-corrected chi connectivity index (χ3v) is 1.70. The second-order valence-electron chi connectivity index (χ2n) is 2.36. The molecule has 0 fully saturated rings. The second-order valence-corrected chi connectivity index (χ2v) is 2.36. The Kier molecular flexibility index (Phi) is 5.26. The molecule has 13 heavy (non-hydrogen) atoms. The first-order chi connectivity index (χ1) is 5.83. The Morgan fingerprint density at radius 3 is 2.38 bits per heavy atom. The molecule has 1 aromatic rings. The number of ether oxygens (including phenoxy) is 2. The molecule has 0 aliphatic carbocycles. The highest BCUT2D eigenvalue weighted by atomic mass is 35.5. The molecular weight excluding hydrogens is 190 g/mol. The number of hydrogen-bond acceptors (Lipinski definition) is 3. The topological polar surface area (TPSA) is 44.5 Å². The van der Waals surface area contributed by atoms with Gasteiger partial charge in [-0.1, -0.05) is 12.1 Å². The van der Waals surface area contributed by atoms with Crippen LogP contribution in [0.1, 0.15) is 5.56 Å². The van der Waals surface area contributed by atoms with Gasteiger partial charge in [-0.15, -0.1) is 12.4 Å². The maximum atomic E-state index is 5.51. The fourth-order valence-electron chi connectivity index (χ4n) is 1.11. The molecule has 0 saturated carbocycles. The van der Waals surface area contributed by atoms with Crippen molar-refractivity contribution in [2.45, 2.75) is 6.54 Å². The van der Waals surface area contributed by atoms with Crippen LogP contribution in [0.5, 0.6) is 11.5 Å². The molecule has 0 heterocycles. The zero-order valence-corrected chi connectivity index (χ0v) is 8.56. The Bertz CT molecular complexity index is 244. The number of para-hydroxylation sites is 1. The van der Waals surface area contributed by atoms with Crippen LogP contribution in [0.2, 0.25) is 0 Å². The van der Waals surface area contributed by atoms with Crippen molar-refractivity contribution in [3.05, 3.63) is 23.8 Å². The van der Waals surface area contributed by atoms with Crippen molar-refractivity contribution in [2.24, 2.45) is 5.73 Å². The van der Waals surface area contributed by atoms with Crippen LogP contribution in [0.4, 0.5) is 0 Å². The molecule has 0 amide bonds. The molecule has 0 radical (unpaired) electrons. The van der Waals surface area contributed by atoms with Crippen LogP contribution in [0.3, 0.4) is 0 Å². The summed E-state index contributed by atoms with van der Waals surface area (Å²) < 4.78 is 10.3. The van der Waals surface area contributed by atoms with Crippen molar-refractivity contribution in [1.29, 1.82) is 0 Å². The van der Waals surface area contributed by atoms with E-state index in [1.54, 1.807) is 14.2 Å². The van der Waals surface area contributed by atoms with Crippen LogP contribution in [0.15, 0.2) is 18.2 Å². The van der Waals surface area contributed by atoms with Crippen molar-refractivity contribution in [3.63, 3.8) is 0 Å². The molecule has 74 valence electrons. The zero-order chi connectivity index (χ0) is 8.97. The maximum absolute atomic E-state index is 5.51. The Morgan fingerprint density at radius 1 is 1.23 bits per heavy atom. The molecule has 1 aromatic carbocycles. The molecule has 0 aliphatic rings. The highest BCUT2D eigenvalue weighted by Gasteiger charge is 2.06. The number of halogens is 1. The van der Waals surface area contributed by atoms with Crippen molar-refractivity contribution in [2.75, 3.05) is 14.2 Å². The summed E-state index contributed by atoms with van der Waals surface area (Å²) in [4.78, 5) is 0. The van der Waals surface area contributed by atoms with Crippen molar-refractivity contribution in [3.8, 4) is 11.5 Å². The van der Waals surface area contributed by atoms with Crippen molar-refractivity contribution < 1.29 is 9.47 Å². The summed E-state index contributed by atoms with van der Waals surface area (Å²) in [5.41, 5.74) is 6.47. The molecular formula is C9H14ClNO2. The molecule has 1 rings (SSSR count). The van der Waals surface area contributed by atoms with Gasteiger partial charge in [0.2, 0.25) is 0 Å². The van der Waals surface area contributed by atoms with Crippen LogP contribution in [0.25, 0.3) is 0 Å². The lowest BCUT2D eigenvalue weighted by atomic mass is 10.2. The predicted octanol–water partition coefficient (Wildman–Crippen LogP) is 1.58. The average molecular weight is 204 g/mol. The third-order valence-electron chi connectivity index (χ3n) is 1.70. The van der Waals surface area contributed by atoms with E-state index in [2.05, 4.69) is 0 Å². The first kappa shape index (κ1) is 12.1. The predicted molar refractivity (Wildman–Crippen MR) is 54.7 cm³/mol. The molecule has 0 saturated heterocycles. The van der Waals surface area contributed by atoms with E-state index in [4.69, 9.17) is 15.2 Å². The molecule has 0 aromatic heterocycles. The Morgan fingerprint density at radius 2 is 1.92 bits per heavy atom. The Labute approximate surface area is 84.2 Å². The lowest BCUT2D eigenvalue weighted by molar-refractivity contribution is 0.352. The second kappa shape index (κ2) is 5.67. The largest absolute Gasteiger partial charge is 0.493 e. The molecule has 0 unspecified atom stereocenters. The van der Waals surface area contributed by atoms with E-state index < -0.39 is 0 Å². The van der Waals surface area contributed by atoms with Gasteiger partial charge in [-0.25, -0.2) is 0 Å². The van der Waals surface area contributed by atoms with Gasteiger partial charge in [-0.05, 0) is 6.07 Å². The van der Waals surface area contributed by atoms with Gasteiger partial charge in [0.1, 0.15) is 0 Å². The monoisotopic (exact) mass is 203 g/mol. The van der Waals surface area contributed by atoms with Crippen molar-refractivity contribution in [1.82, 2.24) is 0 Å². The average Bonchev–Trinajstić information content (AvgIpc) is 2.16. The van der Waals surface area contributed by atoms with Crippen LogP contribution < -0.4 is 15.2 Å². The first-order valence-electron chi connectivity index (χ1n) is 3.73. The minimum atomic E-state index is 0. The Balaban J connectivity index is 0.00000144. The van der Waals surface area contributed by atoms with E-state index in [0.717, 1.165) is 17.1 Å². The summed E-state index contributed by atoms with van der Waals surface area (Å²) in [7, 11) is 3.22. The lowest BCUT2D eigenvalue weighted by Gasteiger charge is -2.10. The quantitative estimate of drug-likeness (QED) is 0.812. The summed E-state index contributed by atoms with van der Waals surface area (Å²) in [6.45, 7) is 0.459. The Hall–Kier alpha value is -0.930. The third kappa shape index (κ3) is 2.50. The van der Waals surface area contributed by atoms with Gasteiger partial charge < -0.3 is 15.2 Å². The van der Waals surface area contributed by atoms with E-state index in [1.165, 1.54) is 0 Å². The zero-order valence-electron chi connectivity index (χ0n) is 7.74. The summed E-state index contributed by atoms with van der Waals surface area (Å²) in [5, 5.41) is 0. The minimum Gasteiger partial charge on any atom is -0.493 e. The number of rotatable bonds is 3. The molecule has 0 atom stereocenters. The summed E-state index contributed by atoms with van der Waals surface area (Å²) in [6.07, 6.45) is 0. The van der Waals surface area contributed by atoms with Gasteiger partial charge in [0.05, 0.1) is 14.2 Å². The fraction of sp³-hybridized carbons (Fsp3) is 0.333. The summed E-state index contributed by atoms with van der Waals surface area (Å²) >= 11 is 0. The molecule has 0 bridgehead atoms. The van der Waals surface area contributed by atoms with E-state index >= 15 is 0 Å². The molecule has 0 spiro atoms. The van der Waals surface area contributed by atoms with E-state index in [-0.39, 0.29) is 12.4 Å². The smallest absolute Gasteiger partial charge is 0.165 e. The first-order valence-corrected chi connectivity index (χ1v) is 3.73. The van der Waals surface area contributed by atoms with E-state index in [0.29, 0.717) is 6.54 Å². The standard InChI is InChI=1S/C9H13NO2.ClH/c1-11-8-5-3-4-7(6-10)9(8)12-2;/h3-5H,6,10H2,1-2H3;1H. The lowest BCUT2D eigenvalue weighted by Crippen LogP contribution is -2.01. The van der Waals surface area contributed by atoms with Gasteiger partial charge in [0.15, 0.2) is 11.5 Å². The van der Waals surface area contributed by atoms with Crippen LogP contribution in [-0.2, 0) is 6.54 Å². The number of nitrogens with two attached hydrogens (primary N) is 1. The van der Waals surface area contributed by atoms with Crippen molar-refractivity contribution >= 4 is 12.4 Å². The van der Waals surface area contributed by atoms with Gasteiger partial charge in [-0.2, -0.15) is 0 Å². The van der Waals surface area contributed by atoms with Crippen LogP contribution >= 0.6 is 12.4 Å². The maximum Gasteiger partial charge on any atom is 0.165 e. The van der Waals surface area contributed by atoms with E-state index in [9.17, 15) is 0 Å². The number of benzene rings is 1.